The highest BCUT2D eigenvalue weighted by Crippen LogP contribution is 2.15. The Kier molecular flexibility index (Phi) is 34.2. The van der Waals surface area contributed by atoms with E-state index >= 15 is 0 Å². The first kappa shape index (κ1) is 42.9. The van der Waals surface area contributed by atoms with Crippen molar-refractivity contribution in [2.75, 3.05) is 32.8 Å². The number of allylic oxidation sites excluding steroid dienone is 8. The van der Waals surface area contributed by atoms with Gasteiger partial charge in [0.1, 0.15) is 0 Å². The van der Waals surface area contributed by atoms with Crippen molar-refractivity contribution in [3.05, 3.63) is 48.6 Å². The van der Waals surface area contributed by atoms with E-state index in [4.69, 9.17) is 9.47 Å². The zero-order chi connectivity index (χ0) is 32.9. The van der Waals surface area contributed by atoms with Crippen LogP contribution >= 0.6 is 0 Å². The molecule has 0 aromatic carbocycles. The molecule has 0 aliphatic carbocycles. The molecule has 1 fully saturated rings. The van der Waals surface area contributed by atoms with Gasteiger partial charge in [-0.1, -0.05) is 146 Å². The van der Waals surface area contributed by atoms with Crippen molar-refractivity contribution < 1.29 is 9.47 Å². The molecule has 0 N–H and O–H groups in total. The van der Waals surface area contributed by atoms with Crippen LogP contribution in [0.15, 0.2) is 48.6 Å². The molecule has 0 saturated carbocycles. The minimum atomic E-state index is 0.00477. The Morgan fingerprint density at radius 3 is 1.28 bits per heavy atom. The number of hydrogen-bond donors (Lipinski definition) is 0. The second-order valence-corrected chi connectivity index (χ2v) is 13.7. The molecule has 46 heavy (non-hydrogen) atoms. The van der Waals surface area contributed by atoms with Crippen LogP contribution in [0.4, 0.5) is 0 Å². The van der Waals surface area contributed by atoms with Gasteiger partial charge in [0, 0.05) is 26.2 Å². The van der Waals surface area contributed by atoms with Crippen molar-refractivity contribution in [1.82, 2.24) is 4.90 Å². The van der Waals surface area contributed by atoms with Crippen LogP contribution in [0.25, 0.3) is 0 Å². The first-order valence-electron chi connectivity index (χ1n) is 20.4. The van der Waals surface area contributed by atoms with Gasteiger partial charge in [0.2, 0.25) is 0 Å². The van der Waals surface area contributed by atoms with E-state index in [2.05, 4.69) is 67.4 Å². The van der Waals surface area contributed by atoms with Gasteiger partial charge in [-0.15, -0.1) is 0 Å². The van der Waals surface area contributed by atoms with E-state index in [0.29, 0.717) is 0 Å². The maximum Gasteiger partial charge on any atom is 0.157 e. The fraction of sp³-hybridized carbons (Fsp3) is 0.814. The Morgan fingerprint density at radius 2 is 0.826 bits per heavy atom. The summed E-state index contributed by atoms with van der Waals surface area (Å²) in [6.45, 7) is 9.98. The molecule has 1 atom stereocenters. The molecular formula is C43H79NO2. The monoisotopic (exact) mass is 642 g/mol. The highest BCUT2D eigenvalue weighted by Gasteiger charge is 2.16. The van der Waals surface area contributed by atoms with Crippen molar-refractivity contribution >= 4 is 0 Å². The van der Waals surface area contributed by atoms with Gasteiger partial charge in [-0.2, -0.15) is 0 Å². The highest BCUT2D eigenvalue weighted by atomic mass is 16.7. The molecule has 1 rings (SSSR count). The van der Waals surface area contributed by atoms with Gasteiger partial charge in [-0.25, -0.2) is 0 Å². The van der Waals surface area contributed by atoms with Crippen LogP contribution in [-0.4, -0.2) is 44.0 Å². The highest BCUT2D eigenvalue weighted by molar-refractivity contribution is 4.93. The van der Waals surface area contributed by atoms with E-state index in [-0.39, 0.29) is 6.29 Å². The van der Waals surface area contributed by atoms with Crippen molar-refractivity contribution in [3.8, 4) is 0 Å². The van der Waals surface area contributed by atoms with Crippen LogP contribution in [-0.2, 0) is 9.47 Å². The van der Waals surface area contributed by atoms with Gasteiger partial charge in [0.25, 0.3) is 0 Å². The number of nitrogens with zero attached hydrogens (tertiary/aromatic N) is 1. The van der Waals surface area contributed by atoms with Crippen molar-refractivity contribution in [2.45, 2.75) is 193 Å². The average Bonchev–Trinajstić information content (AvgIpc) is 3.90. The lowest BCUT2D eigenvalue weighted by Crippen LogP contribution is -2.20. The van der Waals surface area contributed by atoms with E-state index in [1.807, 2.05) is 0 Å². The fourth-order valence-corrected chi connectivity index (χ4v) is 5.79. The maximum atomic E-state index is 6.25. The van der Waals surface area contributed by atoms with Crippen LogP contribution in [0.1, 0.15) is 187 Å². The third kappa shape index (κ3) is 34.2. The van der Waals surface area contributed by atoms with Crippen LogP contribution in [0.5, 0.6) is 0 Å². The summed E-state index contributed by atoms with van der Waals surface area (Å²) >= 11 is 0. The predicted octanol–water partition coefficient (Wildman–Crippen LogP) is 13.5. The Balaban J connectivity index is 1.98. The molecule has 1 aliphatic rings. The summed E-state index contributed by atoms with van der Waals surface area (Å²) in [5.41, 5.74) is 0. The topological polar surface area (TPSA) is 21.5 Å². The van der Waals surface area contributed by atoms with E-state index in [9.17, 15) is 0 Å². The third-order valence-corrected chi connectivity index (χ3v) is 9.00. The molecule has 268 valence electrons. The maximum absolute atomic E-state index is 6.25. The summed E-state index contributed by atoms with van der Waals surface area (Å²) < 4.78 is 12.5. The van der Waals surface area contributed by atoms with Crippen molar-refractivity contribution in [2.24, 2.45) is 0 Å². The number of unbranched alkanes of at least 4 members (excludes halogenated alkanes) is 19. The normalized spacial score (nSPS) is 14.7. The number of rotatable bonds is 37. The molecule has 3 nitrogen and oxygen atoms in total. The predicted molar refractivity (Wildman–Crippen MR) is 205 cm³/mol. The average molecular weight is 642 g/mol. The quantitative estimate of drug-likeness (QED) is 0.0291. The first-order chi connectivity index (χ1) is 22.9. The van der Waals surface area contributed by atoms with Gasteiger partial charge in [0.05, 0.1) is 6.61 Å². The molecule has 0 aromatic rings. The summed E-state index contributed by atoms with van der Waals surface area (Å²) in [5, 5.41) is 0. The third-order valence-electron chi connectivity index (χ3n) is 9.00. The van der Waals surface area contributed by atoms with Crippen molar-refractivity contribution in [3.63, 3.8) is 0 Å². The summed E-state index contributed by atoms with van der Waals surface area (Å²) in [4.78, 5) is 2.48. The van der Waals surface area contributed by atoms with Crippen LogP contribution in [0.3, 0.4) is 0 Å². The molecule has 3 heteroatoms. The molecule has 0 radical (unpaired) electrons. The van der Waals surface area contributed by atoms with Crippen LogP contribution in [0.2, 0.25) is 0 Å². The van der Waals surface area contributed by atoms with Crippen LogP contribution < -0.4 is 0 Å². The van der Waals surface area contributed by atoms with Crippen LogP contribution in [0, 0.1) is 0 Å². The lowest BCUT2D eigenvalue weighted by Gasteiger charge is -2.19. The standard InChI is InChI=1S/C43H79NO2/c1-3-5-7-9-11-13-15-17-19-21-22-24-26-28-30-32-34-37-43(46-42-36-38-44-39-40-44)45-41-35-33-31-29-27-25-23-20-18-16-14-12-10-8-6-4-2/h11-14,17-20,43H,3-10,15-16,21-42H2,1-2H3. The minimum absolute atomic E-state index is 0.00477. The second-order valence-electron chi connectivity index (χ2n) is 13.7. The number of ether oxygens (including phenoxy) is 2. The lowest BCUT2D eigenvalue weighted by molar-refractivity contribution is -0.148. The molecule has 0 bridgehead atoms. The zero-order valence-electron chi connectivity index (χ0n) is 31.1. The minimum Gasteiger partial charge on any atom is -0.353 e. The molecule has 0 spiro atoms. The molecule has 1 heterocycles. The van der Waals surface area contributed by atoms with E-state index in [0.717, 1.165) is 38.9 Å². The number of hydrogen-bond acceptors (Lipinski definition) is 3. The Hall–Kier alpha value is -1.16. The van der Waals surface area contributed by atoms with Crippen molar-refractivity contribution in [1.29, 1.82) is 0 Å². The van der Waals surface area contributed by atoms with Gasteiger partial charge in [-0.05, 0) is 89.9 Å². The summed E-state index contributed by atoms with van der Waals surface area (Å²) in [6, 6.07) is 0. The Morgan fingerprint density at radius 1 is 0.435 bits per heavy atom. The summed E-state index contributed by atoms with van der Waals surface area (Å²) in [7, 11) is 0. The van der Waals surface area contributed by atoms with E-state index < -0.39 is 0 Å². The Bertz CT molecular complexity index is 658. The molecule has 1 aliphatic heterocycles. The molecule has 0 amide bonds. The smallest absolute Gasteiger partial charge is 0.157 e. The van der Waals surface area contributed by atoms with Gasteiger partial charge >= 0.3 is 0 Å². The largest absolute Gasteiger partial charge is 0.353 e. The second kappa shape index (κ2) is 36.7. The van der Waals surface area contributed by atoms with Gasteiger partial charge in [0.15, 0.2) is 6.29 Å². The molecule has 1 saturated heterocycles. The molecule has 0 aromatic heterocycles. The fourth-order valence-electron chi connectivity index (χ4n) is 5.79. The summed E-state index contributed by atoms with van der Waals surface area (Å²) in [5.74, 6) is 0. The van der Waals surface area contributed by atoms with E-state index in [1.165, 1.54) is 167 Å². The van der Waals surface area contributed by atoms with Gasteiger partial charge in [-0.3, -0.25) is 0 Å². The van der Waals surface area contributed by atoms with Gasteiger partial charge < -0.3 is 14.4 Å². The molecule has 1 unspecified atom stereocenters. The molecular weight excluding hydrogens is 562 g/mol. The summed E-state index contributed by atoms with van der Waals surface area (Å²) in [6.07, 6.45) is 53.4. The first-order valence-corrected chi connectivity index (χ1v) is 20.4. The van der Waals surface area contributed by atoms with E-state index in [1.54, 1.807) is 0 Å². The zero-order valence-corrected chi connectivity index (χ0v) is 31.1. The Labute approximate surface area is 288 Å². The SMILES string of the molecule is CCCCCC=CCC=CCCCCCCCCCC(OCCCCCCCCC=CCC=CCCCCC)OCCCN1CC1. The lowest BCUT2D eigenvalue weighted by atomic mass is 10.1.